The lowest BCUT2D eigenvalue weighted by Gasteiger charge is -2.44. The van der Waals surface area contributed by atoms with Crippen molar-refractivity contribution in [1.29, 1.82) is 0 Å². The number of fused-ring (bicyclic) bond motifs is 2. The van der Waals surface area contributed by atoms with Crippen molar-refractivity contribution in [2.45, 2.75) is 75.3 Å². The average Bonchev–Trinajstić information content (AvgIpc) is 3.69. The van der Waals surface area contributed by atoms with Gasteiger partial charge in [-0.25, -0.2) is 4.39 Å². The normalized spacial score (nSPS) is 23.6. The van der Waals surface area contributed by atoms with E-state index in [2.05, 4.69) is 63.0 Å². The molecule has 2 aliphatic heterocycles. The third-order valence-corrected chi connectivity index (χ3v) is 11.0. The van der Waals surface area contributed by atoms with Gasteiger partial charge in [0, 0.05) is 63.9 Å². The number of carbonyl (C=O) groups is 1. The van der Waals surface area contributed by atoms with Crippen molar-refractivity contribution < 1.29 is 13.9 Å². The van der Waals surface area contributed by atoms with Crippen LogP contribution in [0.5, 0.6) is 6.01 Å². The van der Waals surface area contributed by atoms with Crippen molar-refractivity contribution >= 4 is 56.1 Å². The van der Waals surface area contributed by atoms with Crippen LogP contribution < -0.4 is 9.64 Å². The van der Waals surface area contributed by atoms with Crippen molar-refractivity contribution in [2.75, 3.05) is 44.2 Å². The number of hydrogen-bond acceptors (Lipinski definition) is 7. The molecule has 11 heteroatoms. The first-order valence-corrected chi connectivity index (χ1v) is 17.8. The number of halogens is 2. The Morgan fingerprint density at radius 3 is 2.66 bits per heavy atom. The van der Waals surface area contributed by atoms with Crippen molar-refractivity contribution in [2.24, 2.45) is 0 Å². The van der Waals surface area contributed by atoms with Gasteiger partial charge in [-0.1, -0.05) is 35.2 Å². The predicted molar refractivity (Wildman–Crippen MR) is 193 cm³/mol. The van der Waals surface area contributed by atoms with Crippen molar-refractivity contribution in [3.05, 3.63) is 53.5 Å². The van der Waals surface area contributed by atoms with Crippen LogP contribution in [-0.2, 0) is 4.79 Å². The second-order valence-electron chi connectivity index (χ2n) is 14.0. The van der Waals surface area contributed by atoms with Crippen molar-refractivity contribution in [1.82, 2.24) is 30.0 Å². The molecule has 0 radical (unpaired) electrons. The topological polar surface area (TPSA) is 90.5 Å². The number of aryl methyl sites for hydroxylation is 2. The molecule has 3 fully saturated rings. The van der Waals surface area contributed by atoms with Gasteiger partial charge in [0.1, 0.15) is 17.9 Å². The van der Waals surface area contributed by atoms with Crippen LogP contribution in [-0.4, -0.2) is 90.7 Å². The summed E-state index contributed by atoms with van der Waals surface area (Å²) in [5.41, 5.74) is 5.38. The number of benzene rings is 2. The number of aromatic nitrogens is 4. The second kappa shape index (κ2) is 12.3. The molecular formula is C36H43FIN7O2. The van der Waals surface area contributed by atoms with Gasteiger partial charge in [0.25, 0.3) is 0 Å². The van der Waals surface area contributed by atoms with Gasteiger partial charge in [0.05, 0.1) is 11.2 Å². The Morgan fingerprint density at radius 2 is 1.96 bits per heavy atom. The number of carbonyl (C=O) groups excluding carboxylic acids is 1. The smallest absolute Gasteiger partial charge is 0.319 e. The van der Waals surface area contributed by atoms with E-state index in [-0.39, 0.29) is 38.8 Å². The summed E-state index contributed by atoms with van der Waals surface area (Å²) in [6.07, 6.45) is 4.70. The van der Waals surface area contributed by atoms with Gasteiger partial charge in [0.15, 0.2) is 5.82 Å². The molecule has 1 N–H and O–H groups in total. The van der Waals surface area contributed by atoms with Crippen LogP contribution in [0.1, 0.15) is 62.8 Å². The molecule has 248 valence electrons. The van der Waals surface area contributed by atoms with Gasteiger partial charge in [-0.3, -0.25) is 14.8 Å². The van der Waals surface area contributed by atoms with E-state index >= 15 is 4.39 Å². The minimum atomic E-state index is -0.381. The number of hydrogen-bond donors (Lipinski definition) is 1. The van der Waals surface area contributed by atoms with Crippen molar-refractivity contribution in [3.8, 4) is 17.1 Å². The molecule has 1 amide bonds. The van der Waals surface area contributed by atoms with E-state index in [4.69, 9.17) is 14.7 Å². The SMILES string of the molecule is C=CC(=O)N1C[C@H](C)N(c2nc(OCCN3CCC(C)(I)C3)nc3c(F)c(-c4c(C)ccc5[nH]nc(C6CC6)c45)c(C)cc23)C[C@H]1C. The predicted octanol–water partition coefficient (Wildman–Crippen LogP) is 6.70. The minimum absolute atomic E-state index is 0.0713. The summed E-state index contributed by atoms with van der Waals surface area (Å²) >= 11 is 2.53. The number of piperazine rings is 1. The molecule has 2 aromatic heterocycles. The first-order valence-electron chi connectivity index (χ1n) is 16.7. The first kappa shape index (κ1) is 32.2. The molecule has 4 aromatic rings. The molecule has 47 heavy (non-hydrogen) atoms. The third-order valence-electron chi connectivity index (χ3n) is 10.1. The Morgan fingerprint density at radius 1 is 1.17 bits per heavy atom. The van der Waals surface area contributed by atoms with Crippen LogP contribution in [0.3, 0.4) is 0 Å². The third kappa shape index (κ3) is 5.98. The Bertz CT molecular complexity index is 1890. The molecule has 0 bridgehead atoms. The molecule has 9 nitrogen and oxygen atoms in total. The zero-order chi connectivity index (χ0) is 33.2. The lowest BCUT2D eigenvalue weighted by atomic mass is 9.90. The molecule has 1 unspecified atom stereocenters. The summed E-state index contributed by atoms with van der Waals surface area (Å²) in [4.78, 5) is 28.7. The van der Waals surface area contributed by atoms with Crippen LogP contribution in [0.2, 0.25) is 0 Å². The second-order valence-corrected chi connectivity index (χ2v) is 16.6. The van der Waals surface area contributed by atoms with Gasteiger partial charge in [-0.05, 0) is 95.3 Å². The van der Waals surface area contributed by atoms with E-state index in [1.807, 2.05) is 43.9 Å². The summed E-state index contributed by atoms with van der Waals surface area (Å²) in [6, 6.07) is 6.09. The molecule has 0 spiro atoms. The maximum Gasteiger partial charge on any atom is 0.319 e. The van der Waals surface area contributed by atoms with Crippen LogP contribution in [0.25, 0.3) is 32.9 Å². The zero-order valence-corrected chi connectivity index (χ0v) is 30.0. The Labute approximate surface area is 289 Å². The molecule has 3 aliphatic rings. The van der Waals surface area contributed by atoms with Gasteiger partial charge >= 0.3 is 6.01 Å². The molecule has 7 rings (SSSR count). The summed E-state index contributed by atoms with van der Waals surface area (Å²) in [5.74, 6) is 0.554. The number of alkyl halides is 1. The highest BCUT2D eigenvalue weighted by Gasteiger charge is 2.35. The molecule has 2 saturated heterocycles. The van der Waals surface area contributed by atoms with Gasteiger partial charge in [-0.15, -0.1) is 0 Å². The summed E-state index contributed by atoms with van der Waals surface area (Å²) in [7, 11) is 0. The fourth-order valence-corrected chi connectivity index (χ4v) is 8.17. The highest BCUT2D eigenvalue weighted by atomic mass is 127. The number of likely N-dealkylation sites (tertiary alicyclic amines) is 1. The number of H-pyrrole nitrogens is 1. The molecular weight excluding hydrogens is 708 g/mol. The van der Waals surface area contributed by atoms with E-state index in [9.17, 15) is 4.79 Å². The highest BCUT2D eigenvalue weighted by molar-refractivity contribution is 14.1. The van der Waals surface area contributed by atoms with Crippen LogP contribution >= 0.6 is 22.6 Å². The zero-order valence-electron chi connectivity index (χ0n) is 27.9. The standard InChI is InChI=1S/C36H43FIN7O2/c1-7-27(46)44-17-23(5)45(18-22(44)4)34-25-16-21(3)29(28-20(2)8-11-26-30(28)32(42-41-26)24-9-10-24)31(37)33(25)39-35(40-34)47-15-14-43-13-12-36(6,38)19-43/h7-8,11,16,22-24H,1,9-10,12-15,17-19H2,2-6H3,(H,41,42)/t22-,23+,36?/m1/s1. The largest absolute Gasteiger partial charge is 0.462 e. The van der Waals surface area contributed by atoms with Crippen LogP contribution in [0.15, 0.2) is 30.9 Å². The van der Waals surface area contributed by atoms with E-state index < -0.39 is 0 Å². The van der Waals surface area contributed by atoms with E-state index in [0.29, 0.717) is 42.4 Å². The molecule has 1 aliphatic carbocycles. The molecule has 4 heterocycles. The van der Waals surface area contributed by atoms with Gasteiger partial charge in [-0.2, -0.15) is 15.1 Å². The van der Waals surface area contributed by atoms with E-state index in [1.165, 1.54) is 6.08 Å². The highest BCUT2D eigenvalue weighted by Crippen LogP contribution is 2.47. The number of ether oxygens (including phenoxy) is 1. The average molecular weight is 752 g/mol. The molecule has 1 saturated carbocycles. The first-order chi connectivity index (χ1) is 22.5. The number of aromatic amines is 1. The Kier molecular flexibility index (Phi) is 8.43. The summed E-state index contributed by atoms with van der Waals surface area (Å²) < 4.78 is 23.8. The number of rotatable bonds is 8. The lowest BCUT2D eigenvalue weighted by molar-refractivity contribution is -0.128. The van der Waals surface area contributed by atoms with E-state index in [1.54, 1.807) is 0 Å². The Balaban J connectivity index is 1.34. The number of nitrogens with one attached hydrogen (secondary N) is 1. The number of anilines is 1. The molecule has 2 aromatic carbocycles. The van der Waals surface area contributed by atoms with Crippen LogP contribution in [0.4, 0.5) is 10.2 Å². The number of nitrogens with zero attached hydrogens (tertiary/aromatic N) is 6. The monoisotopic (exact) mass is 751 g/mol. The summed E-state index contributed by atoms with van der Waals surface area (Å²) in [6.45, 7) is 18.3. The fourth-order valence-electron chi connectivity index (χ4n) is 7.44. The van der Waals surface area contributed by atoms with E-state index in [0.717, 1.165) is 72.2 Å². The summed E-state index contributed by atoms with van der Waals surface area (Å²) in [5, 5.41) is 9.50. The minimum Gasteiger partial charge on any atom is -0.462 e. The Hall–Kier alpha value is -3.32. The van der Waals surface area contributed by atoms with Crippen molar-refractivity contribution in [3.63, 3.8) is 0 Å². The maximum absolute atomic E-state index is 17.3. The van der Waals surface area contributed by atoms with Gasteiger partial charge in [0.2, 0.25) is 5.91 Å². The fraction of sp³-hybridized carbons (Fsp3) is 0.500. The van der Waals surface area contributed by atoms with Crippen LogP contribution in [0, 0.1) is 19.7 Å². The molecule has 3 atom stereocenters. The van der Waals surface area contributed by atoms with Gasteiger partial charge < -0.3 is 14.5 Å². The lowest BCUT2D eigenvalue weighted by Crippen LogP contribution is -2.58. The number of amides is 1. The maximum atomic E-state index is 17.3. The quantitative estimate of drug-likeness (QED) is 0.122.